The number of rotatable bonds is 7. The van der Waals surface area contributed by atoms with Gasteiger partial charge in [0.15, 0.2) is 5.82 Å². The normalized spacial score (nSPS) is 14.0. The van der Waals surface area contributed by atoms with Gasteiger partial charge in [0, 0.05) is 63.1 Å². The molecular weight excluding hydrogens is 436 g/mol. The predicted molar refractivity (Wildman–Crippen MR) is 138 cm³/mol. The lowest BCUT2D eigenvalue weighted by molar-refractivity contribution is 0.102. The molecule has 176 valence electrons. The van der Waals surface area contributed by atoms with E-state index in [-0.39, 0.29) is 5.91 Å². The molecule has 0 radical (unpaired) electrons. The van der Waals surface area contributed by atoms with Crippen LogP contribution in [-0.4, -0.2) is 58.5 Å². The summed E-state index contributed by atoms with van der Waals surface area (Å²) in [6.45, 7) is 4.84. The molecule has 2 aromatic heterocycles. The maximum absolute atomic E-state index is 12.9. The summed E-state index contributed by atoms with van der Waals surface area (Å²) in [4.78, 5) is 30.6. The van der Waals surface area contributed by atoms with Crippen LogP contribution in [0.5, 0.6) is 0 Å². The second kappa shape index (κ2) is 10.9. The molecule has 2 aromatic carbocycles. The number of piperazine rings is 1. The molecule has 35 heavy (non-hydrogen) atoms. The van der Waals surface area contributed by atoms with Crippen LogP contribution in [0.15, 0.2) is 91.5 Å². The predicted octanol–water partition coefficient (Wildman–Crippen LogP) is 4.16. The van der Waals surface area contributed by atoms with Gasteiger partial charge in [0.25, 0.3) is 5.91 Å². The number of carbonyl (C=O) groups is 1. The molecule has 5 rings (SSSR count). The number of para-hydroxylation sites is 2. The zero-order chi connectivity index (χ0) is 23.9. The Morgan fingerprint density at radius 3 is 2.26 bits per heavy atom. The van der Waals surface area contributed by atoms with Crippen molar-refractivity contribution < 1.29 is 4.79 Å². The molecule has 1 aliphatic rings. The van der Waals surface area contributed by atoms with Crippen LogP contribution >= 0.6 is 0 Å². The third-order valence-electron chi connectivity index (χ3n) is 6.28. The van der Waals surface area contributed by atoms with Crippen molar-refractivity contribution in [3.63, 3.8) is 0 Å². The third kappa shape index (κ3) is 5.70. The van der Waals surface area contributed by atoms with Crippen LogP contribution in [0.25, 0.3) is 11.4 Å². The van der Waals surface area contributed by atoms with Gasteiger partial charge in [0.05, 0.1) is 16.9 Å². The SMILES string of the molecule is O=C(Nc1ccccc1N1CCN(CCc2ccncc2)CC1)c1cnc(-c2ccccc2)nc1. The molecule has 0 aliphatic carbocycles. The van der Waals surface area contributed by atoms with E-state index in [0.29, 0.717) is 11.4 Å². The lowest BCUT2D eigenvalue weighted by atomic mass is 10.1. The monoisotopic (exact) mass is 464 g/mol. The Kier molecular flexibility index (Phi) is 7.05. The average molecular weight is 465 g/mol. The van der Waals surface area contributed by atoms with E-state index < -0.39 is 0 Å². The van der Waals surface area contributed by atoms with E-state index in [2.05, 4.69) is 48.3 Å². The molecule has 1 fully saturated rings. The Labute approximate surface area is 205 Å². The maximum Gasteiger partial charge on any atom is 0.258 e. The first-order valence-electron chi connectivity index (χ1n) is 11.9. The van der Waals surface area contributed by atoms with Crippen LogP contribution in [-0.2, 0) is 6.42 Å². The molecule has 7 heteroatoms. The van der Waals surface area contributed by atoms with Gasteiger partial charge in [-0.15, -0.1) is 0 Å². The second-order valence-corrected chi connectivity index (χ2v) is 8.57. The van der Waals surface area contributed by atoms with Crippen LogP contribution in [0.3, 0.4) is 0 Å². The minimum Gasteiger partial charge on any atom is -0.367 e. The molecule has 4 aromatic rings. The van der Waals surface area contributed by atoms with E-state index in [9.17, 15) is 4.79 Å². The molecule has 0 atom stereocenters. The van der Waals surface area contributed by atoms with Crippen LogP contribution in [0, 0.1) is 0 Å². The van der Waals surface area contributed by atoms with Gasteiger partial charge in [-0.2, -0.15) is 0 Å². The molecule has 0 spiro atoms. The smallest absolute Gasteiger partial charge is 0.258 e. The van der Waals surface area contributed by atoms with Gasteiger partial charge >= 0.3 is 0 Å². The molecule has 0 saturated carbocycles. The number of nitrogens with one attached hydrogen (secondary N) is 1. The Morgan fingerprint density at radius 1 is 0.829 bits per heavy atom. The van der Waals surface area contributed by atoms with Gasteiger partial charge in [-0.25, -0.2) is 9.97 Å². The Bertz CT molecular complexity index is 1240. The standard InChI is InChI=1S/C28H28N6O/c35-28(24-20-30-27(31-21-24)23-6-2-1-3-7-23)32-25-8-4-5-9-26(25)34-18-16-33(17-19-34)15-12-22-10-13-29-14-11-22/h1-11,13-14,20-21H,12,15-19H2,(H,32,35). The minimum absolute atomic E-state index is 0.215. The molecule has 1 amide bonds. The van der Waals surface area contributed by atoms with Crippen molar-refractivity contribution in [1.82, 2.24) is 19.9 Å². The van der Waals surface area contributed by atoms with Gasteiger partial charge in [0.1, 0.15) is 0 Å². The van der Waals surface area contributed by atoms with Crippen molar-refractivity contribution in [2.75, 3.05) is 42.9 Å². The van der Waals surface area contributed by atoms with Crippen molar-refractivity contribution >= 4 is 17.3 Å². The highest BCUT2D eigenvalue weighted by atomic mass is 16.1. The number of aromatic nitrogens is 3. The van der Waals surface area contributed by atoms with E-state index in [1.54, 1.807) is 12.4 Å². The Morgan fingerprint density at radius 2 is 1.51 bits per heavy atom. The molecule has 7 nitrogen and oxygen atoms in total. The molecular formula is C28H28N6O. The van der Waals surface area contributed by atoms with E-state index in [1.165, 1.54) is 5.56 Å². The second-order valence-electron chi connectivity index (χ2n) is 8.57. The summed E-state index contributed by atoms with van der Waals surface area (Å²) in [5.41, 5.74) is 4.51. The van der Waals surface area contributed by atoms with E-state index in [4.69, 9.17) is 0 Å². The quantitative estimate of drug-likeness (QED) is 0.443. The number of pyridine rings is 1. The van der Waals surface area contributed by atoms with Gasteiger partial charge < -0.3 is 10.2 Å². The number of anilines is 2. The Balaban J connectivity index is 1.20. The van der Waals surface area contributed by atoms with E-state index >= 15 is 0 Å². The number of amides is 1. The molecule has 0 bridgehead atoms. The van der Waals surface area contributed by atoms with Crippen LogP contribution in [0.4, 0.5) is 11.4 Å². The van der Waals surface area contributed by atoms with Crippen molar-refractivity contribution in [1.29, 1.82) is 0 Å². The average Bonchev–Trinajstić information content (AvgIpc) is 2.94. The van der Waals surface area contributed by atoms with Crippen LogP contribution in [0.2, 0.25) is 0 Å². The Hall–Kier alpha value is -4.10. The molecule has 1 saturated heterocycles. The lowest BCUT2D eigenvalue weighted by Crippen LogP contribution is -2.47. The van der Waals surface area contributed by atoms with Crippen molar-refractivity contribution in [2.45, 2.75) is 6.42 Å². The molecule has 0 unspecified atom stereocenters. The maximum atomic E-state index is 12.9. The van der Waals surface area contributed by atoms with E-state index in [1.807, 2.05) is 60.9 Å². The first-order valence-corrected chi connectivity index (χ1v) is 11.9. The van der Waals surface area contributed by atoms with Gasteiger partial charge in [-0.1, -0.05) is 42.5 Å². The fourth-order valence-corrected chi connectivity index (χ4v) is 4.28. The highest BCUT2D eigenvalue weighted by Crippen LogP contribution is 2.27. The molecule has 1 N–H and O–H groups in total. The zero-order valence-corrected chi connectivity index (χ0v) is 19.5. The number of carbonyl (C=O) groups excluding carboxylic acids is 1. The number of hydrogen-bond donors (Lipinski definition) is 1. The number of hydrogen-bond acceptors (Lipinski definition) is 6. The fraction of sp³-hybridized carbons (Fsp3) is 0.214. The summed E-state index contributed by atoms with van der Waals surface area (Å²) >= 11 is 0. The summed E-state index contributed by atoms with van der Waals surface area (Å²) < 4.78 is 0. The number of nitrogens with zero attached hydrogens (tertiary/aromatic N) is 5. The summed E-state index contributed by atoms with van der Waals surface area (Å²) in [6.07, 6.45) is 7.88. The fourth-order valence-electron chi connectivity index (χ4n) is 4.28. The van der Waals surface area contributed by atoms with Crippen molar-refractivity contribution in [3.05, 3.63) is 103 Å². The molecule has 1 aliphatic heterocycles. The van der Waals surface area contributed by atoms with Crippen LogP contribution in [0.1, 0.15) is 15.9 Å². The minimum atomic E-state index is -0.215. The van der Waals surface area contributed by atoms with E-state index in [0.717, 1.165) is 56.1 Å². The zero-order valence-electron chi connectivity index (χ0n) is 19.5. The lowest BCUT2D eigenvalue weighted by Gasteiger charge is -2.37. The van der Waals surface area contributed by atoms with Crippen LogP contribution < -0.4 is 10.2 Å². The van der Waals surface area contributed by atoms with Gasteiger partial charge in [-0.05, 0) is 36.2 Å². The summed E-state index contributed by atoms with van der Waals surface area (Å²) in [5.74, 6) is 0.386. The molecule has 3 heterocycles. The number of benzene rings is 2. The van der Waals surface area contributed by atoms with Crippen molar-refractivity contribution in [3.8, 4) is 11.4 Å². The van der Waals surface area contributed by atoms with Gasteiger partial charge in [-0.3, -0.25) is 14.7 Å². The highest BCUT2D eigenvalue weighted by molar-refractivity contribution is 6.05. The van der Waals surface area contributed by atoms with Crippen molar-refractivity contribution in [2.24, 2.45) is 0 Å². The first-order chi connectivity index (χ1) is 17.3. The summed E-state index contributed by atoms with van der Waals surface area (Å²) in [7, 11) is 0. The topological polar surface area (TPSA) is 74.2 Å². The largest absolute Gasteiger partial charge is 0.367 e. The third-order valence-corrected chi connectivity index (χ3v) is 6.28. The first kappa shape index (κ1) is 22.7. The highest BCUT2D eigenvalue weighted by Gasteiger charge is 2.20. The van der Waals surface area contributed by atoms with Gasteiger partial charge in [0.2, 0.25) is 0 Å². The summed E-state index contributed by atoms with van der Waals surface area (Å²) in [5, 5.41) is 3.06. The summed E-state index contributed by atoms with van der Waals surface area (Å²) in [6, 6.07) is 21.9.